The Labute approximate surface area is 151 Å². The van der Waals surface area contributed by atoms with Crippen molar-refractivity contribution in [2.45, 2.75) is 26.3 Å². The molecule has 0 saturated heterocycles. The summed E-state index contributed by atoms with van der Waals surface area (Å²) in [5.74, 6) is 0.276. The fourth-order valence-corrected chi connectivity index (χ4v) is 2.51. The summed E-state index contributed by atoms with van der Waals surface area (Å²) >= 11 is 0. The minimum absolute atomic E-state index is 0.160. The molecule has 0 spiro atoms. The van der Waals surface area contributed by atoms with Crippen LogP contribution in [-0.4, -0.2) is 40.2 Å². The third-order valence-electron chi connectivity index (χ3n) is 3.65. The molecule has 2 rings (SSSR count). The van der Waals surface area contributed by atoms with E-state index in [4.69, 9.17) is 9.84 Å². The smallest absolute Gasteiger partial charge is 0.405 e. The second-order valence-corrected chi connectivity index (χ2v) is 6.13. The summed E-state index contributed by atoms with van der Waals surface area (Å²) in [4.78, 5) is 31.4. The standard InChI is InChI=1S/C18H22N4O4/c1-11(2)8-15(22-18(24)25)17(23)21-12-4-5-13(16(9-12)26-3)14-6-7-19-10-20-14/h4-7,9-11,15,22H,8H2,1-3H3,(H,21,23)(H,24,25). The minimum atomic E-state index is -1.23. The summed E-state index contributed by atoms with van der Waals surface area (Å²) in [6.07, 6.45) is 2.24. The molecular formula is C18H22N4O4. The summed E-state index contributed by atoms with van der Waals surface area (Å²) in [6.45, 7) is 3.84. The van der Waals surface area contributed by atoms with Gasteiger partial charge >= 0.3 is 6.09 Å². The number of anilines is 1. The number of aromatic nitrogens is 2. The Morgan fingerprint density at radius 1 is 1.27 bits per heavy atom. The van der Waals surface area contributed by atoms with E-state index in [-0.39, 0.29) is 5.92 Å². The van der Waals surface area contributed by atoms with Crippen molar-refractivity contribution < 1.29 is 19.4 Å². The van der Waals surface area contributed by atoms with Gasteiger partial charge in [-0.1, -0.05) is 13.8 Å². The second-order valence-electron chi connectivity index (χ2n) is 6.13. The van der Waals surface area contributed by atoms with Crippen LogP contribution in [0, 0.1) is 5.92 Å². The molecular weight excluding hydrogens is 336 g/mol. The van der Waals surface area contributed by atoms with Gasteiger partial charge in [0.1, 0.15) is 18.1 Å². The number of rotatable bonds is 7. The van der Waals surface area contributed by atoms with Crippen LogP contribution in [0.1, 0.15) is 20.3 Å². The minimum Gasteiger partial charge on any atom is -0.496 e. The van der Waals surface area contributed by atoms with Gasteiger partial charge in [0.05, 0.1) is 12.8 Å². The number of ether oxygens (including phenoxy) is 1. The highest BCUT2D eigenvalue weighted by Gasteiger charge is 2.22. The molecule has 1 aromatic heterocycles. The lowest BCUT2D eigenvalue weighted by atomic mass is 10.0. The summed E-state index contributed by atoms with van der Waals surface area (Å²) < 4.78 is 5.39. The molecule has 0 saturated carbocycles. The van der Waals surface area contributed by atoms with Crippen molar-refractivity contribution in [1.29, 1.82) is 0 Å². The number of methoxy groups -OCH3 is 1. The van der Waals surface area contributed by atoms with E-state index in [1.807, 2.05) is 13.8 Å². The Morgan fingerprint density at radius 2 is 2.04 bits per heavy atom. The van der Waals surface area contributed by atoms with E-state index in [0.29, 0.717) is 23.6 Å². The Kier molecular flexibility index (Phi) is 6.48. The van der Waals surface area contributed by atoms with Crippen LogP contribution in [0.3, 0.4) is 0 Å². The normalized spacial score (nSPS) is 11.7. The van der Waals surface area contributed by atoms with Crippen LogP contribution in [0.2, 0.25) is 0 Å². The molecule has 1 unspecified atom stereocenters. The number of nitrogens with one attached hydrogen (secondary N) is 2. The molecule has 1 heterocycles. The Morgan fingerprint density at radius 3 is 2.62 bits per heavy atom. The van der Waals surface area contributed by atoms with Gasteiger partial charge < -0.3 is 20.5 Å². The van der Waals surface area contributed by atoms with E-state index in [1.165, 1.54) is 13.4 Å². The topological polar surface area (TPSA) is 113 Å². The first-order chi connectivity index (χ1) is 12.4. The predicted octanol–water partition coefficient (Wildman–Crippen LogP) is 2.77. The third-order valence-corrected chi connectivity index (χ3v) is 3.65. The van der Waals surface area contributed by atoms with Gasteiger partial charge in [0, 0.05) is 23.5 Å². The van der Waals surface area contributed by atoms with Crippen molar-refractivity contribution in [2.75, 3.05) is 12.4 Å². The first-order valence-electron chi connectivity index (χ1n) is 8.15. The zero-order valence-electron chi connectivity index (χ0n) is 14.9. The van der Waals surface area contributed by atoms with Crippen LogP contribution < -0.4 is 15.4 Å². The Bertz CT molecular complexity index is 765. The number of hydrogen-bond acceptors (Lipinski definition) is 5. The van der Waals surface area contributed by atoms with Gasteiger partial charge in [-0.05, 0) is 30.5 Å². The van der Waals surface area contributed by atoms with Gasteiger partial charge in [0.2, 0.25) is 5.91 Å². The quantitative estimate of drug-likeness (QED) is 0.701. The second kappa shape index (κ2) is 8.80. The molecule has 1 atom stereocenters. The van der Waals surface area contributed by atoms with Crippen molar-refractivity contribution >= 4 is 17.7 Å². The first kappa shape index (κ1) is 19.2. The number of hydrogen-bond donors (Lipinski definition) is 3. The van der Waals surface area contributed by atoms with E-state index in [2.05, 4.69) is 20.6 Å². The predicted molar refractivity (Wildman–Crippen MR) is 97.1 cm³/mol. The molecule has 0 aliphatic carbocycles. The van der Waals surface area contributed by atoms with Crippen LogP contribution >= 0.6 is 0 Å². The molecule has 0 bridgehead atoms. The molecule has 0 radical (unpaired) electrons. The van der Waals surface area contributed by atoms with Gasteiger partial charge in [0.25, 0.3) is 0 Å². The molecule has 1 aromatic carbocycles. The highest BCUT2D eigenvalue weighted by molar-refractivity contribution is 5.97. The molecule has 0 fully saturated rings. The van der Waals surface area contributed by atoms with Crippen LogP contribution in [0.15, 0.2) is 36.8 Å². The van der Waals surface area contributed by atoms with E-state index in [0.717, 1.165) is 5.56 Å². The van der Waals surface area contributed by atoms with E-state index in [9.17, 15) is 9.59 Å². The number of carboxylic acid groups (broad SMARTS) is 1. The fourth-order valence-electron chi connectivity index (χ4n) is 2.51. The largest absolute Gasteiger partial charge is 0.496 e. The number of carbonyl (C=O) groups excluding carboxylic acids is 1. The fraction of sp³-hybridized carbons (Fsp3) is 0.333. The molecule has 0 aliphatic rings. The highest BCUT2D eigenvalue weighted by atomic mass is 16.5. The van der Waals surface area contributed by atoms with Gasteiger partial charge in [-0.3, -0.25) is 4.79 Å². The van der Waals surface area contributed by atoms with E-state index in [1.54, 1.807) is 30.5 Å². The maximum atomic E-state index is 12.4. The monoisotopic (exact) mass is 358 g/mol. The van der Waals surface area contributed by atoms with Gasteiger partial charge in [0.15, 0.2) is 0 Å². The van der Waals surface area contributed by atoms with E-state index >= 15 is 0 Å². The molecule has 2 aromatic rings. The molecule has 2 amide bonds. The zero-order valence-corrected chi connectivity index (χ0v) is 14.9. The SMILES string of the molecule is COc1cc(NC(=O)C(CC(C)C)NC(=O)O)ccc1-c1ccncn1. The lowest BCUT2D eigenvalue weighted by molar-refractivity contribution is -0.118. The summed E-state index contributed by atoms with van der Waals surface area (Å²) in [5, 5.41) is 13.9. The summed E-state index contributed by atoms with van der Waals surface area (Å²) in [7, 11) is 1.53. The molecule has 3 N–H and O–H groups in total. The maximum Gasteiger partial charge on any atom is 0.405 e. The lowest BCUT2D eigenvalue weighted by Gasteiger charge is -2.19. The average Bonchev–Trinajstić information content (AvgIpc) is 2.61. The molecule has 8 heteroatoms. The van der Waals surface area contributed by atoms with E-state index < -0.39 is 18.0 Å². The van der Waals surface area contributed by atoms with Crippen molar-refractivity contribution in [3.05, 3.63) is 36.8 Å². The van der Waals surface area contributed by atoms with Crippen molar-refractivity contribution in [2.24, 2.45) is 5.92 Å². The third kappa shape index (κ3) is 5.17. The van der Waals surface area contributed by atoms with Crippen molar-refractivity contribution in [3.8, 4) is 17.0 Å². The van der Waals surface area contributed by atoms with Crippen LogP contribution in [0.25, 0.3) is 11.3 Å². The Balaban J connectivity index is 2.20. The molecule has 0 aliphatic heterocycles. The molecule has 26 heavy (non-hydrogen) atoms. The molecule has 138 valence electrons. The van der Waals surface area contributed by atoms with Crippen LogP contribution in [-0.2, 0) is 4.79 Å². The number of amides is 2. The number of nitrogens with zero attached hydrogens (tertiary/aromatic N) is 2. The number of carbonyl (C=O) groups is 2. The average molecular weight is 358 g/mol. The van der Waals surface area contributed by atoms with Crippen LogP contribution in [0.4, 0.5) is 10.5 Å². The first-order valence-corrected chi connectivity index (χ1v) is 8.15. The van der Waals surface area contributed by atoms with Crippen LogP contribution in [0.5, 0.6) is 5.75 Å². The summed E-state index contributed by atoms with van der Waals surface area (Å²) in [6, 6.07) is 6.08. The van der Waals surface area contributed by atoms with Gasteiger partial charge in [-0.25, -0.2) is 14.8 Å². The zero-order chi connectivity index (χ0) is 19.1. The summed E-state index contributed by atoms with van der Waals surface area (Å²) in [5.41, 5.74) is 1.96. The Hall–Kier alpha value is -3.16. The molecule has 8 nitrogen and oxygen atoms in total. The number of benzene rings is 1. The van der Waals surface area contributed by atoms with Crippen molar-refractivity contribution in [1.82, 2.24) is 15.3 Å². The van der Waals surface area contributed by atoms with Gasteiger partial charge in [-0.2, -0.15) is 0 Å². The lowest BCUT2D eigenvalue weighted by Crippen LogP contribution is -2.44. The maximum absolute atomic E-state index is 12.4. The van der Waals surface area contributed by atoms with Gasteiger partial charge in [-0.15, -0.1) is 0 Å². The highest BCUT2D eigenvalue weighted by Crippen LogP contribution is 2.31. The van der Waals surface area contributed by atoms with Crippen molar-refractivity contribution in [3.63, 3.8) is 0 Å².